The van der Waals surface area contributed by atoms with Crippen LogP contribution in [0.5, 0.6) is 23.0 Å². The molecule has 482 valence electrons. The monoisotopic (exact) mass is 1260 g/mol. The number of aliphatic hydroxyl groups excluding tert-OH is 4. The molecule has 1 aliphatic heterocycles. The third-order valence-corrected chi connectivity index (χ3v) is 28.9. The van der Waals surface area contributed by atoms with E-state index in [1.54, 1.807) is 12.1 Å². The maximum atomic E-state index is 17.6. The van der Waals surface area contributed by atoms with Crippen LogP contribution in [0.15, 0.2) is 132 Å². The minimum Gasteiger partial charge on any atom is -0.504 e. The molecule has 13 aliphatic rings. The number of aliphatic hydroxyl groups is 4. The highest BCUT2D eigenvalue weighted by Gasteiger charge is 2.79. The molecule has 0 amide bonds. The summed E-state index contributed by atoms with van der Waals surface area (Å²) in [5.41, 5.74) is 13.6. The summed E-state index contributed by atoms with van der Waals surface area (Å²) in [7, 11) is 1.51. The van der Waals surface area contributed by atoms with Crippen LogP contribution in [0.1, 0.15) is 181 Å². The first-order valence-electron chi connectivity index (χ1n) is 36.1. The number of ether oxygens (including phenoxy) is 1. The van der Waals surface area contributed by atoms with Gasteiger partial charge in [0.25, 0.3) is 0 Å². The van der Waals surface area contributed by atoms with E-state index in [0.29, 0.717) is 43.2 Å². The summed E-state index contributed by atoms with van der Waals surface area (Å²) in [5, 5.41) is 97.0. The molecule has 6 aromatic rings. The van der Waals surface area contributed by atoms with Gasteiger partial charge in [0.15, 0.2) is 23.0 Å². The smallest absolute Gasteiger partial charge is 0.160 e. The van der Waals surface area contributed by atoms with E-state index in [-0.39, 0.29) is 88.6 Å². The van der Waals surface area contributed by atoms with E-state index in [4.69, 9.17) is 4.74 Å². The number of hydrogen-bond acceptors (Lipinski definition) is 10. The van der Waals surface area contributed by atoms with Gasteiger partial charge in [0.2, 0.25) is 0 Å². The van der Waals surface area contributed by atoms with Crippen molar-refractivity contribution in [3.8, 4) is 46.7 Å². The fourth-order valence-electron chi connectivity index (χ4n) is 25.5. The number of rotatable bonds is 5. The maximum Gasteiger partial charge on any atom is 0.160 e. The number of benzene rings is 6. The number of phenols is 3. The molecule has 95 heavy (non-hydrogen) atoms. The van der Waals surface area contributed by atoms with Gasteiger partial charge in [0.1, 0.15) is 5.78 Å². The third-order valence-electron chi connectivity index (χ3n) is 28.9. The number of piperidine rings is 1. The predicted molar refractivity (Wildman–Crippen MR) is 362 cm³/mol. The second-order valence-electron chi connectivity index (χ2n) is 32.2. The lowest BCUT2D eigenvalue weighted by Gasteiger charge is -2.78. The van der Waals surface area contributed by atoms with Crippen LogP contribution in [-0.4, -0.2) is 79.0 Å². The Bertz CT molecular complexity index is 4610. The van der Waals surface area contributed by atoms with Crippen LogP contribution in [0, 0.1) is 81.9 Å². The fourth-order valence-corrected chi connectivity index (χ4v) is 25.5. The summed E-state index contributed by atoms with van der Waals surface area (Å²) in [6.45, 7) is -0.409. The number of hydrogen-bond donors (Lipinski definition) is 8. The molecule has 1 saturated heterocycles. The average Bonchev–Trinajstić information content (AvgIpc) is 1.39. The van der Waals surface area contributed by atoms with E-state index < -0.39 is 82.7 Å². The molecule has 12 aliphatic carbocycles. The highest BCUT2D eigenvalue weighted by Crippen LogP contribution is 2.84. The molecule has 0 unspecified atom stereocenters. The summed E-state index contributed by atoms with van der Waals surface area (Å²) < 4.78 is 5.87. The first kappa shape index (κ1) is 57.8. The second kappa shape index (κ2) is 20.3. The van der Waals surface area contributed by atoms with Gasteiger partial charge in [0.05, 0.1) is 37.9 Å². The van der Waals surface area contributed by atoms with Crippen LogP contribution in [-0.2, 0) is 35.1 Å². The van der Waals surface area contributed by atoms with Gasteiger partial charge in [-0.15, -0.1) is 5.92 Å². The summed E-state index contributed by atoms with van der Waals surface area (Å²) in [4.78, 5) is 17.6. The lowest BCUT2D eigenvalue weighted by atomic mass is 9.27. The Kier molecular flexibility index (Phi) is 12.4. The van der Waals surface area contributed by atoms with Crippen molar-refractivity contribution in [2.45, 2.75) is 181 Å². The Hall–Kier alpha value is -7.41. The van der Waals surface area contributed by atoms with Crippen LogP contribution < -0.4 is 10.1 Å². The Balaban J connectivity index is 0.976. The molecule has 20 atom stereocenters. The predicted octanol–water partition coefficient (Wildman–Crippen LogP) is 13.0. The van der Waals surface area contributed by atoms with E-state index >= 15 is 9.90 Å². The van der Waals surface area contributed by atoms with E-state index in [1.807, 2.05) is 30.3 Å². The van der Waals surface area contributed by atoms with Gasteiger partial charge in [-0.25, -0.2) is 0 Å². The van der Waals surface area contributed by atoms with Gasteiger partial charge < -0.3 is 45.8 Å². The third kappa shape index (κ3) is 7.49. The number of aromatic hydroxyl groups is 3. The second-order valence-corrected chi connectivity index (χ2v) is 32.2. The Morgan fingerprint density at radius 1 is 0.726 bits per heavy atom. The molecule has 0 radical (unpaired) electrons. The largest absolute Gasteiger partial charge is 0.504 e. The van der Waals surface area contributed by atoms with Gasteiger partial charge in [-0.05, 0) is 219 Å². The minimum absolute atomic E-state index is 0.0267. The minimum atomic E-state index is -1.33. The fraction of sp³-hybridized carbons (Fsp3) is 0.471. The van der Waals surface area contributed by atoms with E-state index in [2.05, 4.69) is 102 Å². The Labute approximate surface area is 555 Å². The van der Waals surface area contributed by atoms with Crippen molar-refractivity contribution < 1.29 is 45.3 Å². The van der Waals surface area contributed by atoms with Gasteiger partial charge in [-0.1, -0.05) is 134 Å². The maximum absolute atomic E-state index is 17.6. The number of phenolic OH excluding ortho intramolecular Hbond substituents is 3. The molecule has 19 rings (SSSR count). The normalized spacial score (nSPS) is 38.5. The van der Waals surface area contributed by atoms with Crippen molar-refractivity contribution >= 4 is 22.1 Å². The lowest BCUT2D eigenvalue weighted by molar-refractivity contribution is -0.184. The van der Waals surface area contributed by atoms with Crippen LogP contribution in [0.3, 0.4) is 0 Å². The molecular formula is C85H83NO9. The van der Waals surface area contributed by atoms with Crippen molar-refractivity contribution in [3.05, 3.63) is 193 Å². The highest BCUT2D eigenvalue weighted by molar-refractivity contribution is 5.92. The van der Waals surface area contributed by atoms with Crippen LogP contribution in [0.25, 0.3) is 16.3 Å². The zero-order valence-corrected chi connectivity index (χ0v) is 54.0. The Morgan fingerprint density at radius 2 is 1.58 bits per heavy atom. The molecule has 10 nitrogen and oxygen atoms in total. The number of Topliss-reactive ketones (excluding diaryl/α,β-unsaturated/α-hetero) is 1. The zero-order chi connectivity index (χ0) is 63.9. The van der Waals surface area contributed by atoms with Gasteiger partial charge in [-0.2, -0.15) is 0 Å². The van der Waals surface area contributed by atoms with Crippen molar-refractivity contribution in [1.29, 1.82) is 0 Å². The number of carbonyl (C=O) groups is 1. The van der Waals surface area contributed by atoms with E-state index in [9.17, 15) is 30.6 Å². The number of carbonyl (C=O) groups excluding carboxylic acids is 1. The molecule has 8 N–H and O–H groups in total. The average molecular weight is 1260 g/mol. The first-order valence-corrected chi connectivity index (χ1v) is 36.1. The van der Waals surface area contributed by atoms with E-state index in [0.717, 1.165) is 120 Å². The molecule has 4 saturated carbocycles. The number of allylic oxidation sites excluding steroid dienone is 5. The number of methoxy groups -OCH3 is 1. The van der Waals surface area contributed by atoms with Crippen LogP contribution in [0.2, 0.25) is 0 Å². The van der Waals surface area contributed by atoms with Crippen molar-refractivity contribution in [2.75, 3.05) is 7.11 Å². The first-order chi connectivity index (χ1) is 46.3. The topological polar surface area (TPSA) is 180 Å². The summed E-state index contributed by atoms with van der Waals surface area (Å²) in [5.74, 6) is 11.0. The quantitative estimate of drug-likeness (QED) is 0.0470. The highest BCUT2D eigenvalue weighted by atomic mass is 16.5. The molecule has 5 fully saturated rings. The molecule has 1 heterocycles. The Morgan fingerprint density at radius 3 is 2.42 bits per heavy atom. The lowest BCUT2D eigenvalue weighted by Crippen LogP contribution is -2.79. The molecule has 0 aromatic heterocycles. The summed E-state index contributed by atoms with van der Waals surface area (Å²) in [6.07, 6.45) is 14.6. The zero-order valence-electron chi connectivity index (χ0n) is 54.0. The molecule has 6 aromatic carbocycles. The van der Waals surface area contributed by atoms with E-state index in [1.165, 1.54) is 34.8 Å². The van der Waals surface area contributed by atoms with Gasteiger partial charge >= 0.3 is 0 Å². The molecule has 14 bridgehead atoms. The van der Waals surface area contributed by atoms with Crippen molar-refractivity contribution in [1.82, 2.24) is 5.32 Å². The SMILES string of the molecule is COc1cc([C@H]2CC(=O)[C@@H]3Cc4cc5cc6c4[C@H]4C#CC[C@@H]7N[C@@H]8C[C@@H]9C(=C%10C=C([C@H](O)C[C@@H]%10C%10=C[C@@H]%11CCC[C@@]%11%12C[C@]%109[C@H]9C[C@@H]%12c%10cc(O)c(O)cc%10[C@]98[C@@H]([C@H]3O)[C@H]7C#C[C@H]2Cc2ccccc2)C52CCCCC2)c2ccc3cccc(c3c2)[C@@H]6C[C@H]4O)c(CO)cc1O. The molecular weight excluding hydrogens is 1180 g/mol. The van der Waals surface area contributed by atoms with Crippen molar-refractivity contribution in [3.63, 3.8) is 0 Å². The van der Waals surface area contributed by atoms with Crippen molar-refractivity contribution in [2.24, 2.45) is 58.2 Å². The summed E-state index contributed by atoms with van der Waals surface area (Å²) >= 11 is 0. The van der Waals surface area contributed by atoms with Gasteiger partial charge in [0, 0.05) is 82.6 Å². The number of nitrogens with one attached hydrogen (secondary N) is 1. The molecule has 4 spiro atoms. The van der Waals surface area contributed by atoms with Crippen LogP contribution >= 0.6 is 0 Å². The number of fused-ring (bicyclic) bond motifs is 12. The van der Waals surface area contributed by atoms with Gasteiger partial charge in [-0.3, -0.25) is 4.79 Å². The summed E-state index contributed by atoms with van der Waals surface area (Å²) in [6, 6.07) is 35.5. The standard InChI is InChI=1S/C85H83NO9/c1-95-75-37-56(48(41-87)29-74(75)93)55-33-70(89)62-28-47-26-50-30-59-57-34-69(88)53(78(47)59)16-9-17-68-52(21-20-45(55)25-43-11-4-2-5-12-43)80(81(62)94)85-65-38-73(92)72(91)36-61(65)63-39-76(85)84-42-83(63)24-10-14-49(83)31-64(84)58-35-71(90)66(82(50)22-6-3-7-23-82)32-60(58)79(67(84)40-77(85)86-68)46-19-18-44-13-8-15-51(57)54(44)27-46/h2,4-5,8,11-13,15,18-19,26-27,29-32,36-38,45,49,52-53,55,57-58,62-63,67-69,71,76-77,80-81,86-88,90-94H,3,6-7,10,14,17,22-25,28,33-35,39-42H2,1H3/t45-,49-,52-,53-,55-,57-,58-,62-,63+,67+,68-,69+,71+,76+,77+,80+,81-,83+,84-,85-/m0/s1. The number of ketones is 1. The van der Waals surface area contributed by atoms with Crippen LogP contribution in [0.4, 0.5) is 0 Å². The molecule has 10 heteroatoms.